The summed E-state index contributed by atoms with van der Waals surface area (Å²) in [5.41, 5.74) is 1.14. The molecular formula is C13H17NO3. The number of hydrogen-bond acceptors (Lipinski definition) is 3. The summed E-state index contributed by atoms with van der Waals surface area (Å²) in [7, 11) is 0. The van der Waals surface area contributed by atoms with Crippen molar-refractivity contribution in [3.8, 4) is 0 Å². The maximum Gasteiger partial charge on any atom is 0.303 e. The fraction of sp³-hybridized carbons (Fsp3) is 0.462. The van der Waals surface area contributed by atoms with Gasteiger partial charge < -0.3 is 15.5 Å². The van der Waals surface area contributed by atoms with Crippen molar-refractivity contribution >= 4 is 5.97 Å². The maximum atomic E-state index is 10.5. The molecule has 0 amide bonds. The van der Waals surface area contributed by atoms with E-state index >= 15 is 0 Å². The Morgan fingerprint density at radius 1 is 1.35 bits per heavy atom. The lowest BCUT2D eigenvalue weighted by atomic mass is 9.92. The summed E-state index contributed by atoms with van der Waals surface area (Å²) in [5, 5.41) is 22.0. The van der Waals surface area contributed by atoms with Crippen molar-refractivity contribution in [2.75, 3.05) is 13.1 Å². The largest absolute Gasteiger partial charge is 0.481 e. The van der Waals surface area contributed by atoms with Crippen molar-refractivity contribution < 1.29 is 15.0 Å². The van der Waals surface area contributed by atoms with Crippen LogP contribution < -0.4 is 5.32 Å². The van der Waals surface area contributed by atoms with E-state index < -0.39 is 11.6 Å². The molecule has 0 aromatic heterocycles. The zero-order valence-corrected chi connectivity index (χ0v) is 9.65. The highest BCUT2D eigenvalue weighted by Gasteiger charge is 2.32. The van der Waals surface area contributed by atoms with Gasteiger partial charge in [0.25, 0.3) is 0 Å². The van der Waals surface area contributed by atoms with Crippen molar-refractivity contribution in [1.82, 2.24) is 5.32 Å². The zero-order chi connectivity index (χ0) is 12.3. The molecule has 17 heavy (non-hydrogen) atoms. The van der Waals surface area contributed by atoms with Gasteiger partial charge in [-0.3, -0.25) is 4.79 Å². The number of β-amino-alcohol motifs (C(OH)–C–C–N with tert-alkyl or cyclic N) is 1. The predicted octanol–water partition coefficient (Wildman–Crippen LogP) is 0.885. The van der Waals surface area contributed by atoms with Gasteiger partial charge in [0.05, 0.1) is 0 Å². The van der Waals surface area contributed by atoms with Crippen molar-refractivity contribution in [2.24, 2.45) is 0 Å². The van der Waals surface area contributed by atoms with Gasteiger partial charge >= 0.3 is 5.97 Å². The van der Waals surface area contributed by atoms with Crippen LogP contribution in [0, 0.1) is 0 Å². The van der Waals surface area contributed by atoms with Crippen molar-refractivity contribution in [2.45, 2.75) is 24.9 Å². The number of aliphatic carboxylic acids is 1. The molecule has 2 rings (SSSR count). The van der Waals surface area contributed by atoms with E-state index in [1.807, 2.05) is 24.3 Å². The first-order valence-electron chi connectivity index (χ1n) is 5.84. The average molecular weight is 235 g/mol. The van der Waals surface area contributed by atoms with E-state index in [4.69, 9.17) is 5.11 Å². The second-order valence-electron chi connectivity index (χ2n) is 4.55. The van der Waals surface area contributed by atoms with Crippen LogP contribution in [-0.4, -0.2) is 29.3 Å². The summed E-state index contributed by atoms with van der Waals surface area (Å²) >= 11 is 0. The Balaban J connectivity index is 2.05. The number of carboxylic acids is 1. The number of hydrogen-bond donors (Lipinski definition) is 3. The number of nitrogens with one attached hydrogen (secondary N) is 1. The lowest BCUT2D eigenvalue weighted by Gasteiger charge is -2.21. The van der Waals surface area contributed by atoms with Crippen LogP contribution in [-0.2, 0) is 16.8 Å². The molecule has 1 unspecified atom stereocenters. The van der Waals surface area contributed by atoms with Crippen LogP contribution in [0.1, 0.15) is 24.0 Å². The van der Waals surface area contributed by atoms with Crippen molar-refractivity contribution in [1.29, 1.82) is 0 Å². The Morgan fingerprint density at radius 3 is 2.59 bits per heavy atom. The smallest absolute Gasteiger partial charge is 0.303 e. The number of carbonyl (C=O) groups is 1. The Labute approximate surface area is 100 Å². The first kappa shape index (κ1) is 12.1. The molecule has 1 aliphatic heterocycles. The number of benzene rings is 1. The molecule has 1 aromatic carbocycles. The molecule has 1 heterocycles. The Hall–Kier alpha value is -1.39. The van der Waals surface area contributed by atoms with Gasteiger partial charge in [0.15, 0.2) is 0 Å². The molecule has 1 saturated heterocycles. The van der Waals surface area contributed by atoms with Crippen LogP contribution in [0.25, 0.3) is 0 Å². The summed E-state index contributed by atoms with van der Waals surface area (Å²) in [6, 6.07) is 7.58. The highest BCUT2D eigenvalue weighted by molar-refractivity contribution is 5.67. The highest BCUT2D eigenvalue weighted by atomic mass is 16.4. The van der Waals surface area contributed by atoms with Gasteiger partial charge in [-0.25, -0.2) is 0 Å². The molecule has 1 aromatic rings. The Kier molecular flexibility index (Phi) is 3.45. The third kappa shape index (κ3) is 2.84. The third-order valence-corrected chi connectivity index (χ3v) is 3.25. The van der Waals surface area contributed by atoms with Crippen molar-refractivity contribution in [3.63, 3.8) is 0 Å². The standard InChI is InChI=1S/C13H17NO3/c15-12(16)6-3-10-1-4-11(5-2-10)13(17)7-8-14-9-13/h1-2,4-5,14,17H,3,6-9H2,(H,15,16). The minimum Gasteiger partial charge on any atom is -0.481 e. The normalized spacial score (nSPS) is 23.8. The fourth-order valence-electron chi connectivity index (χ4n) is 2.16. The molecule has 1 fully saturated rings. The van der Waals surface area contributed by atoms with E-state index in [9.17, 15) is 9.90 Å². The highest BCUT2D eigenvalue weighted by Crippen LogP contribution is 2.27. The number of carboxylic acid groups (broad SMARTS) is 1. The molecule has 92 valence electrons. The summed E-state index contributed by atoms with van der Waals surface area (Å²) in [6.07, 6.45) is 1.40. The Bertz CT molecular complexity index is 394. The van der Waals surface area contributed by atoms with E-state index in [-0.39, 0.29) is 6.42 Å². The van der Waals surface area contributed by atoms with Gasteiger partial charge in [-0.15, -0.1) is 0 Å². The SMILES string of the molecule is O=C(O)CCc1ccc(C2(O)CCNC2)cc1. The monoisotopic (exact) mass is 235 g/mol. The Morgan fingerprint density at radius 2 is 2.06 bits per heavy atom. The third-order valence-electron chi connectivity index (χ3n) is 3.25. The summed E-state index contributed by atoms with van der Waals surface area (Å²) < 4.78 is 0. The van der Waals surface area contributed by atoms with Crippen LogP contribution in [0.4, 0.5) is 0 Å². The van der Waals surface area contributed by atoms with Crippen LogP contribution in [0.5, 0.6) is 0 Å². The molecule has 4 heteroatoms. The van der Waals surface area contributed by atoms with Crippen LogP contribution in [0.3, 0.4) is 0 Å². The van der Waals surface area contributed by atoms with Gasteiger partial charge in [-0.1, -0.05) is 24.3 Å². The molecule has 0 radical (unpaired) electrons. The molecule has 1 atom stereocenters. The number of aliphatic hydroxyl groups is 1. The molecule has 3 N–H and O–H groups in total. The van der Waals surface area contributed by atoms with Gasteiger partial charge in [-0.2, -0.15) is 0 Å². The van der Waals surface area contributed by atoms with Gasteiger partial charge in [0.2, 0.25) is 0 Å². The maximum absolute atomic E-state index is 10.5. The number of rotatable bonds is 4. The van der Waals surface area contributed by atoms with E-state index in [0.717, 1.165) is 24.1 Å². The molecule has 0 spiro atoms. The van der Waals surface area contributed by atoms with Crippen LogP contribution in [0.15, 0.2) is 24.3 Å². The topological polar surface area (TPSA) is 69.6 Å². The minimum absolute atomic E-state index is 0.144. The molecule has 1 aliphatic rings. The van der Waals surface area contributed by atoms with Crippen LogP contribution in [0.2, 0.25) is 0 Å². The quantitative estimate of drug-likeness (QED) is 0.724. The summed E-state index contributed by atoms with van der Waals surface area (Å²) in [6.45, 7) is 1.42. The average Bonchev–Trinajstić information content (AvgIpc) is 2.75. The van der Waals surface area contributed by atoms with E-state index in [1.165, 1.54) is 0 Å². The molecular weight excluding hydrogens is 218 g/mol. The number of aryl methyl sites for hydroxylation is 1. The van der Waals surface area contributed by atoms with Crippen LogP contribution >= 0.6 is 0 Å². The molecule has 0 aliphatic carbocycles. The molecule has 0 saturated carbocycles. The second-order valence-corrected chi connectivity index (χ2v) is 4.55. The minimum atomic E-state index is -0.785. The van der Waals surface area contributed by atoms with Gasteiger partial charge in [-0.05, 0) is 30.5 Å². The first-order valence-corrected chi connectivity index (χ1v) is 5.84. The second kappa shape index (κ2) is 4.85. The van der Waals surface area contributed by atoms with Gasteiger partial charge in [0.1, 0.15) is 5.60 Å². The molecule has 0 bridgehead atoms. The van der Waals surface area contributed by atoms with E-state index in [2.05, 4.69) is 5.32 Å². The molecule has 4 nitrogen and oxygen atoms in total. The van der Waals surface area contributed by atoms with Crippen molar-refractivity contribution in [3.05, 3.63) is 35.4 Å². The predicted molar refractivity (Wildman–Crippen MR) is 63.8 cm³/mol. The lowest BCUT2D eigenvalue weighted by Crippen LogP contribution is -2.28. The zero-order valence-electron chi connectivity index (χ0n) is 9.65. The summed E-state index contributed by atoms with van der Waals surface area (Å²) in [4.78, 5) is 10.5. The lowest BCUT2D eigenvalue weighted by molar-refractivity contribution is -0.136. The summed E-state index contributed by atoms with van der Waals surface area (Å²) in [5.74, 6) is -0.785. The van der Waals surface area contributed by atoms with E-state index in [1.54, 1.807) is 0 Å². The van der Waals surface area contributed by atoms with Gasteiger partial charge in [0, 0.05) is 13.0 Å². The van der Waals surface area contributed by atoms with E-state index in [0.29, 0.717) is 13.0 Å². The first-order chi connectivity index (χ1) is 8.10. The fourth-order valence-corrected chi connectivity index (χ4v) is 2.16.